The lowest BCUT2D eigenvalue weighted by molar-refractivity contribution is 0.0984. The molecule has 3 aromatic rings. The predicted molar refractivity (Wildman–Crippen MR) is 98.0 cm³/mol. The number of anilines is 1. The lowest BCUT2D eigenvalue weighted by Crippen LogP contribution is -2.36. The summed E-state index contributed by atoms with van der Waals surface area (Å²) >= 11 is 6.11. The van der Waals surface area contributed by atoms with Gasteiger partial charge in [0.1, 0.15) is 34.5 Å². The number of benzene rings is 2. The van der Waals surface area contributed by atoms with Gasteiger partial charge in [-0.15, -0.1) is 0 Å². The molecule has 0 bridgehead atoms. The minimum absolute atomic E-state index is 0.00418. The molecule has 0 N–H and O–H groups in total. The van der Waals surface area contributed by atoms with Gasteiger partial charge < -0.3 is 9.42 Å². The summed E-state index contributed by atoms with van der Waals surface area (Å²) in [5, 5.41) is 3.89. The van der Waals surface area contributed by atoms with Gasteiger partial charge in [-0.2, -0.15) is 0 Å². The Morgan fingerprint density at radius 3 is 2.75 bits per heavy atom. The molecule has 0 aliphatic carbocycles. The fourth-order valence-electron chi connectivity index (χ4n) is 3.48. The molecule has 28 heavy (non-hydrogen) atoms. The predicted octanol–water partition coefficient (Wildman–Crippen LogP) is 5.31. The molecule has 0 fully saturated rings. The van der Waals surface area contributed by atoms with Gasteiger partial charge in [0.25, 0.3) is 5.91 Å². The van der Waals surface area contributed by atoms with E-state index in [0.717, 1.165) is 12.1 Å². The minimum atomic E-state index is -0.782. The van der Waals surface area contributed by atoms with Crippen molar-refractivity contribution in [3.8, 4) is 11.3 Å². The molecule has 1 aliphatic heterocycles. The van der Waals surface area contributed by atoms with Crippen LogP contribution in [-0.4, -0.2) is 17.6 Å². The van der Waals surface area contributed by atoms with Crippen LogP contribution >= 0.6 is 11.6 Å². The van der Waals surface area contributed by atoms with E-state index in [-0.39, 0.29) is 45.4 Å². The molecule has 0 radical (unpaired) electrons. The Kier molecular flexibility index (Phi) is 4.63. The number of carbonyl (C=O) groups excluding carboxylic acids is 1. The molecular formula is C20H14ClF3N2O2. The van der Waals surface area contributed by atoms with Crippen LogP contribution < -0.4 is 4.90 Å². The van der Waals surface area contributed by atoms with Gasteiger partial charge in [-0.1, -0.05) is 22.8 Å². The first kappa shape index (κ1) is 18.6. The van der Waals surface area contributed by atoms with Crippen molar-refractivity contribution in [3.05, 3.63) is 69.7 Å². The molecular weight excluding hydrogens is 393 g/mol. The zero-order valence-corrected chi connectivity index (χ0v) is 15.5. The number of hydrogen-bond acceptors (Lipinski definition) is 3. The summed E-state index contributed by atoms with van der Waals surface area (Å²) in [4.78, 5) is 14.6. The SMILES string of the molecule is Cc1onc(-c2c(F)cccc2Cl)c1C(=O)N1CCCc2c(F)cc(F)cc21. The van der Waals surface area contributed by atoms with E-state index in [2.05, 4.69) is 5.16 Å². The first-order valence-corrected chi connectivity index (χ1v) is 8.96. The minimum Gasteiger partial charge on any atom is -0.360 e. The van der Waals surface area contributed by atoms with E-state index >= 15 is 0 Å². The van der Waals surface area contributed by atoms with Crippen molar-refractivity contribution in [2.45, 2.75) is 19.8 Å². The standard InChI is InChI=1S/C20H14ClF3N2O2/c1-10-17(19(25-28-10)18-13(21)5-2-6-14(18)23)20(27)26-7-3-4-12-15(24)8-11(22)9-16(12)26/h2,5-6,8-9H,3-4,7H2,1H3. The summed E-state index contributed by atoms with van der Waals surface area (Å²) in [7, 11) is 0. The molecule has 2 aromatic carbocycles. The van der Waals surface area contributed by atoms with E-state index in [4.69, 9.17) is 16.1 Å². The number of halogens is 4. The Morgan fingerprint density at radius 2 is 2.00 bits per heavy atom. The summed E-state index contributed by atoms with van der Waals surface area (Å²) in [6, 6.07) is 6.01. The van der Waals surface area contributed by atoms with E-state index in [9.17, 15) is 18.0 Å². The second-order valence-electron chi connectivity index (χ2n) is 6.50. The van der Waals surface area contributed by atoms with Gasteiger partial charge in [0.15, 0.2) is 0 Å². The van der Waals surface area contributed by atoms with Crippen LogP contribution in [-0.2, 0) is 6.42 Å². The van der Waals surface area contributed by atoms with Gasteiger partial charge in [0, 0.05) is 18.2 Å². The van der Waals surface area contributed by atoms with Gasteiger partial charge in [-0.25, -0.2) is 13.2 Å². The average Bonchev–Trinajstić information content (AvgIpc) is 3.01. The Morgan fingerprint density at radius 1 is 1.21 bits per heavy atom. The Bertz CT molecular complexity index is 1080. The van der Waals surface area contributed by atoms with Gasteiger partial charge in [0.2, 0.25) is 0 Å². The monoisotopic (exact) mass is 406 g/mol. The number of amides is 1. The lowest BCUT2D eigenvalue weighted by Gasteiger charge is -2.29. The van der Waals surface area contributed by atoms with E-state index in [0.29, 0.717) is 12.8 Å². The third-order valence-corrected chi connectivity index (χ3v) is 5.07. The fraction of sp³-hybridized carbons (Fsp3) is 0.200. The molecule has 0 spiro atoms. The first-order chi connectivity index (χ1) is 13.4. The number of rotatable bonds is 2. The highest BCUT2D eigenvalue weighted by Crippen LogP contribution is 2.37. The second-order valence-corrected chi connectivity index (χ2v) is 6.91. The molecule has 1 amide bonds. The van der Waals surface area contributed by atoms with E-state index < -0.39 is 23.4 Å². The van der Waals surface area contributed by atoms with Crippen LogP contribution in [0, 0.1) is 24.4 Å². The molecule has 0 saturated heterocycles. The number of nitrogens with zero attached hydrogens (tertiary/aromatic N) is 2. The maximum atomic E-state index is 14.4. The maximum Gasteiger partial charge on any atom is 0.264 e. The lowest BCUT2D eigenvalue weighted by atomic mass is 9.98. The summed E-state index contributed by atoms with van der Waals surface area (Å²) in [5.41, 5.74) is 0.312. The van der Waals surface area contributed by atoms with E-state index in [1.807, 2.05) is 0 Å². The Balaban J connectivity index is 1.85. The maximum absolute atomic E-state index is 14.4. The molecule has 4 nitrogen and oxygen atoms in total. The highest BCUT2D eigenvalue weighted by molar-refractivity contribution is 6.33. The van der Waals surface area contributed by atoms with Crippen LogP contribution in [0.1, 0.15) is 28.1 Å². The van der Waals surface area contributed by atoms with Crippen LogP contribution in [0.15, 0.2) is 34.9 Å². The molecule has 8 heteroatoms. The fourth-order valence-corrected chi connectivity index (χ4v) is 3.73. The normalized spacial score (nSPS) is 13.5. The summed E-state index contributed by atoms with van der Waals surface area (Å²) < 4.78 is 47.5. The van der Waals surface area contributed by atoms with Gasteiger partial charge in [-0.05, 0) is 38.0 Å². The van der Waals surface area contributed by atoms with Crippen LogP contribution in [0.4, 0.5) is 18.9 Å². The van der Waals surface area contributed by atoms with Crippen molar-refractivity contribution in [1.82, 2.24) is 5.16 Å². The molecule has 1 aliphatic rings. The molecule has 2 heterocycles. The van der Waals surface area contributed by atoms with Gasteiger partial charge >= 0.3 is 0 Å². The average molecular weight is 407 g/mol. The number of aryl methyl sites for hydroxylation is 1. The Hall–Kier alpha value is -2.80. The van der Waals surface area contributed by atoms with Crippen LogP contribution in [0.2, 0.25) is 5.02 Å². The molecule has 0 unspecified atom stereocenters. The van der Waals surface area contributed by atoms with Crippen molar-refractivity contribution in [3.63, 3.8) is 0 Å². The topological polar surface area (TPSA) is 46.3 Å². The van der Waals surface area contributed by atoms with Crippen molar-refractivity contribution < 1.29 is 22.5 Å². The van der Waals surface area contributed by atoms with E-state index in [1.54, 1.807) is 0 Å². The zero-order chi connectivity index (χ0) is 20.0. The molecule has 0 saturated carbocycles. The van der Waals surface area contributed by atoms with Crippen molar-refractivity contribution >= 4 is 23.2 Å². The third kappa shape index (κ3) is 2.96. The van der Waals surface area contributed by atoms with Crippen molar-refractivity contribution in [2.75, 3.05) is 11.4 Å². The quantitative estimate of drug-likeness (QED) is 0.579. The van der Waals surface area contributed by atoms with Crippen molar-refractivity contribution in [1.29, 1.82) is 0 Å². The zero-order valence-electron chi connectivity index (χ0n) is 14.7. The molecule has 1 aromatic heterocycles. The molecule has 144 valence electrons. The van der Waals surface area contributed by atoms with Crippen LogP contribution in [0.3, 0.4) is 0 Å². The molecule has 4 rings (SSSR count). The Labute approximate surface area is 163 Å². The number of fused-ring (bicyclic) bond motifs is 1. The van der Waals surface area contributed by atoms with Crippen LogP contribution in [0.25, 0.3) is 11.3 Å². The highest BCUT2D eigenvalue weighted by Gasteiger charge is 2.32. The number of carbonyl (C=O) groups is 1. The second kappa shape index (κ2) is 6.98. The first-order valence-electron chi connectivity index (χ1n) is 8.59. The number of hydrogen-bond donors (Lipinski definition) is 0. The van der Waals surface area contributed by atoms with E-state index in [1.165, 1.54) is 30.0 Å². The molecule has 0 atom stereocenters. The summed E-state index contributed by atoms with van der Waals surface area (Å²) in [6.07, 6.45) is 0.890. The largest absolute Gasteiger partial charge is 0.360 e. The van der Waals surface area contributed by atoms with Gasteiger partial charge in [0.05, 0.1) is 16.3 Å². The highest BCUT2D eigenvalue weighted by atomic mass is 35.5. The van der Waals surface area contributed by atoms with Crippen LogP contribution in [0.5, 0.6) is 0 Å². The summed E-state index contributed by atoms with van der Waals surface area (Å²) in [5.74, 6) is -2.57. The van der Waals surface area contributed by atoms with Gasteiger partial charge in [-0.3, -0.25) is 4.79 Å². The smallest absolute Gasteiger partial charge is 0.264 e. The summed E-state index contributed by atoms with van der Waals surface area (Å²) in [6.45, 7) is 1.76. The third-order valence-electron chi connectivity index (χ3n) is 4.76. The number of aromatic nitrogens is 1. The van der Waals surface area contributed by atoms with Crippen molar-refractivity contribution in [2.24, 2.45) is 0 Å².